The van der Waals surface area contributed by atoms with E-state index in [2.05, 4.69) is 6.92 Å². The number of carbonyl (C=O) groups excluding carboxylic acids is 1. The summed E-state index contributed by atoms with van der Waals surface area (Å²) in [4.78, 5) is 10.4. The Balaban J connectivity index is 2.18. The molecule has 0 aliphatic heterocycles. The average molecular weight is 171 g/mol. The van der Waals surface area contributed by atoms with Gasteiger partial charge in [0.1, 0.15) is 6.61 Å². The maximum absolute atomic E-state index is 10.4. The molecular formula is C9H17NO2. The largest absolute Gasteiger partial charge is 0.368 e. The van der Waals surface area contributed by atoms with Crippen LogP contribution >= 0.6 is 0 Å². The fourth-order valence-electron chi connectivity index (χ4n) is 1.73. The number of amides is 1. The van der Waals surface area contributed by atoms with Crippen LogP contribution in [0.4, 0.5) is 0 Å². The number of hydrogen-bond acceptors (Lipinski definition) is 2. The third-order valence-corrected chi connectivity index (χ3v) is 2.35. The Labute approximate surface area is 73.3 Å². The van der Waals surface area contributed by atoms with Crippen LogP contribution in [0.2, 0.25) is 0 Å². The number of carbonyl (C=O) groups is 1. The van der Waals surface area contributed by atoms with E-state index in [0.29, 0.717) is 0 Å². The molecule has 2 unspecified atom stereocenters. The first-order valence-electron chi connectivity index (χ1n) is 4.58. The maximum atomic E-state index is 10.4. The van der Waals surface area contributed by atoms with Gasteiger partial charge in [0.15, 0.2) is 0 Å². The molecule has 1 amide bonds. The van der Waals surface area contributed by atoms with Crippen LogP contribution in [0.1, 0.15) is 32.6 Å². The second-order valence-corrected chi connectivity index (χ2v) is 3.67. The normalized spacial score (nSPS) is 30.1. The number of rotatable bonds is 3. The summed E-state index contributed by atoms with van der Waals surface area (Å²) < 4.78 is 5.34. The predicted molar refractivity (Wildman–Crippen MR) is 46.6 cm³/mol. The molecule has 0 heterocycles. The molecule has 0 radical (unpaired) electrons. The molecule has 70 valence electrons. The highest BCUT2D eigenvalue weighted by Crippen LogP contribution is 2.25. The highest BCUT2D eigenvalue weighted by Gasteiger charge is 2.19. The van der Waals surface area contributed by atoms with Gasteiger partial charge in [-0.15, -0.1) is 0 Å². The van der Waals surface area contributed by atoms with Gasteiger partial charge in [0, 0.05) is 0 Å². The van der Waals surface area contributed by atoms with Crippen molar-refractivity contribution in [2.24, 2.45) is 11.7 Å². The van der Waals surface area contributed by atoms with Crippen LogP contribution in [0, 0.1) is 5.92 Å². The topological polar surface area (TPSA) is 52.3 Å². The molecule has 12 heavy (non-hydrogen) atoms. The van der Waals surface area contributed by atoms with E-state index in [1.165, 1.54) is 12.8 Å². The summed E-state index contributed by atoms with van der Waals surface area (Å²) in [5.41, 5.74) is 4.98. The molecule has 3 heteroatoms. The van der Waals surface area contributed by atoms with Gasteiger partial charge in [-0.05, 0) is 18.8 Å². The quantitative estimate of drug-likeness (QED) is 0.690. The first kappa shape index (κ1) is 9.52. The molecule has 1 rings (SSSR count). The molecule has 0 bridgehead atoms. The molecule has 0 aromatic heterocycles. The minimum Gasteiger partial charge on any atom is -0.368 e. The Morgan fingerprint density at radius 2 is 2.33 bits per heavy atom. The van der Waals surface area contributed by atoms with E-state index >= 15 is 0 Å². The van der Waals surface area contributed by atoms with Crippen LogP contribution in [0.5, 0.6) is 0 Å². The van der Waals surface area contributed by atoms with Crippen LogP contribution in [0.3, 0.4) is 0 Å². The summed E-state index contributed by atoms with van der Waals surface area (Å²) in [5, 5.41) is 0. The molecular weight excluding hydrogens is 154 g/mol. The van der Waals surface area contributed by atoms with Gasteiger partial charge in [-0.2, -0.15) is 0 Å². The lowest BCUT2D eigenvalue weighted by Gasteiger charge is -2.26. The minimum absolute atomic E-state index is 0.0807. The highest BCUT2D eigenvalue weighted by molar-refractivity contribution is 5.74. The molecule has 0 aromatic carbocycles. The van der Waals surface area contributed by atoms with Crippen molar-refractivity contribution in [2.45, 2.75) is 38.7 Å². The van der Waals surface area contributed by atoms with E-state index in [9.17, 15) is 4.79 Å². The van der Waals surface area contributed by atoms with Crippen molar-refractivity contribution in [3.05, 3.63) is 0 Å². The predicted octanol–water partition coefficient (Wildman–Crippen LogP) is 1.07. The first-order chi connectivity index (χ1) is 5.68. The number of hydrogen-bond donors (Lipinski definition) is 1. The van der Waals surface area contributed by atoms with Gasteiger partial charge in [-0.25, -0.2) is 0 Å². The van der Waals surface area contributed by atoms with Crippen molar-refractivity contribution >= 4 is 5.91 Å². The standard InChI is InChI=1S/C9H17NO2/c1-7-3-2-4-8(5-7)12-6-9(10)11/h7-8H,2-6H2,1H3,(H2,10,11). The molecule has 0 aromatic rings. The first-order valence-corrected chi connectivity index (χ1v) is 4.58. The second-order valence-electron chi connectivity index (χ2n) is 3.67. The van der Waals surface area contributed by atoms with Gasteiger partial charge < -0.3 is 10.5 Å². The van der Waals surface area contributed by atoms with E-state index in [1.807, 2.05) is 0 Å². The van der Waals surface area contributed by atoms with E-state index in [4.69, 9.17) is 10.5 Å². The van der Waals surface area contributed by atoms with Crippen molar-refractivity contribution in [1.82, 2.24) is 0 Å². The molecule has 2 N–H and O–H groups in total. The van der Waals surface area contributed by atoms with Gasteiger partial charge in [0.2, 0.25) is 5.91 Å². The zero-order chi connectivity index (χ0) is 8.97. The number of primary amides is 1. The Kier molecular flexibility index (Phi) is 3.53. The van der Waals surface area contributed by atoms with Crippen LogP contribution in [-0.4, -0.2) is 18.6 Å². The maximum Gasteiger partial charge on any atom is 0.243 e. The lowest BCUT2D eigenvalue weighted by atomic mass is 9.89. The van der Waals surface area contributed by atoms with Gasteiger partial charge in [-0.3, -0.25) is 4.79 Å². The fourth-order valence-corrected chi connectivity index (χ4v) is 1.73. The lowest BCUT2D eigenvalue weighted by Crippen LogP contribution is -2.27. The van der Waals surface area contributed by atoms with Crippen molar-refractivity contribution in [3.8, 4) is 0 Å². The molecule has 1 saturated carbocycles. The third-order valence-electron chi connectivity index (χ3n) is 2.35. The van der Waals surface area contributed by atoms with E-state index in [-0.39, 0.29) is 18.6 Å². The summed E-state index contributed by atoms with van der Waals surface area (Å²) in [7, 11) is 0. The van der Waals surface area contributed by atoms with Gasteiger partial charge in [-0.1, -0.05) is 19.8 Å². The van der Waals surface area contributed by atoms with Crippen molar-refractivity contribution in [2.75, 3.05) is 6.61 Å². The van der Waals surface area contributed by atoms with E-state index in [0.717, 1.165) is 18.8 Å². The van der Waals surface area contributed by atoms with Gasteiger partial charge in [0.05, 0.1) is 6.10 Å². The van der Waals surface area contributed by atoms with Crippen molar-refractivity contribution in [3.63, 3.8) is 0 Å². The molecule has 0 saturated heterocycles. The Hall–Kier alpha value is -0.570. The number of nitrogens with two attached hydrogens (primary N) is 1. The third kappa shape index (κ3) is 3.22. The summed E-state index contributed by atoms with van der Waals surface area (Å²) in [5.74, 6) is 0.366. The Bertz CT molecular complexity index is 159. The molecule has 1 aliphatic rings. The summed E-state index contributed by atoms with van der Waals surface area (Å²) >= 11 is 0. The smallest absolute Gasteiger partial charge is 0.243 e. The minimum atomic E-state index is -0.367. The monoisotopic (exact) mass is 171 g/mol. The zero-order valence-corrected chi connectivity index (χ0v) is 7.58. The van der Waals surface area contributed by atoms with E-state index in [1.54, 1.807) is 0 Å². The zero-order valence-electron chi connectivity index (χ0n) is 7.58. The molecule has 2 atom stereocenters. The Morgan fingerprint density at radius 1 is 1.58 bits per heavy atom. The van der Waals surface area contributed by atoms with Crippen LogP contribution < -0.4 is 5.73 Å². The molecule has 1 aliphatic carbocycles. The van der Waals surface area contributed by atoms with Crippen LogP contribution in [0.25, 0.3) is 0 Å². The van der Waals surface area contributed by atoms with Crippen molar-refractivity contribution in [1.29, 1.82) is 0 Å². The van der Waals surface area contributed by atoms with Crippen molar-refractivity contribution < 1.29 is 9.53 Å². The van der Waals surface area contributed by atoms with Crippen LogP contribution in [-0.2, 0) is 9.53 Å². The van der Waals surface area contributed by atoms with E-state index < -0.39 is 0 Å². The van der Waals surface area contributed by atoms with Crippen LogP contribution in [0.15, 0.2) is 0 Å². The average Bonchev–Trinajstić information content (AvgIpc) is 2.01. The second kappa shape index (κ2) is 4.45. The summed E-state index contributed by atoms with van der Waals surface area (Å²) in [6.07, 6.45) is 4.92. The molecule has 3 nitrogen and oxygen atoms in total. The number of ether oxygens (including phenoxy) is 1. The lowest BCUT2D eigenvalue weighted by molar-refractivity contribution is -0.125. The highest BCUT2D eigenvalue weighted by atomic mass is 16.5. The summed E-state index contributed by atoms with van der Waals surface area (Å²) in [6, 6.07) is 0. The molecule has 1 fully saturated rings. The Morgan fingerprint density at radius 3 is 2.92 bits per heavy atom. The van der Waals surface area contributed by atoms with Gasteiger partial charge >= 0.3 is 0 Å². The SMILES string of the molecule is CC1CCCC(OCC(N)=O)C1. The summed E-state index contributed by atoms with van der Waals surface area (Å²) in [6.45, 7) is 2.30. The van der Waals surface area contributed by atoms with Gasteiger partial charge in [0.25, 0.3) is 0 Å². The molecule has 0 spiro atoms. The fraction of sp³-hybridized carbons (Fsp3) is 0.889.